The molecule has 0 saturated carbocycles. The fourth-order valence-corrected chi connectivity index (χ4v) is 2.16. The van der Waals surface area contributed by atoms with Gasteiger partial charge in [0.15, 0.2) is 0 Å². The summed E-state index contributed by atoms with van der Waals surface area (Å²) < 4.78 is 2.09. The number of imidazole rings is 1. The average Bonchev–Trinajstić information content (AvgIpc) is 2.68. The van der Waals surface area contributed by atoms with Crippen molar-refractivity contribution in [2.75, 3.05) is 5.73 Å². The highest BCUT2D eigenvalue weighted by molar-refractivity contribution is 5.89. The summed E-state index contributed by atoms with van der Waals surface area (Å²) in [6, 6.07) is 16.0. The van der Waals surface area contributed by atoms with E-state index in [1.165, 1.54) is 0 Å². The highest BCUT2D eigenvalue weighted by atomic mass is 15.1. The Balaban J connectivity index is 2.40. The molecule has 1 aromatic heterocycles. The van der Waals surface area contributed by atoms with E-state index in [0.717, 1.165) is 28.2 Å². The minimum absolute atomic E-state index is 0.756. The number of nitrogens with zero attached hydrogens (tertiary/aromatic N) is 2. The molecule has 0 spiro atoms. The van der Waals surface area contributed by atoms with Crippen molar-refractivity contribution >= 4 is 16.7 Å². The highest BCUT2D eigenvalue weighted by Gasteiger charge is 2.10. The van der Waals surface area contributed by atoms with Crippen LogP contribution in [0, 0.1) is 6.92 Å². The molecular weight excluding hydrogens is 210 g/mol. The monoisotopic (exact) mass is 223 g/mol. The van der Waals surface area contributed by atoms with Crippen molar-refractivity contribution in [2.24, 2.45) is 0 Å². The summed E-state index contributed by atoms with van der Waals surface area (Å²) in [6.45, 7) is 1.99. The summed E-state index contributed by atoms with van der Waals surface area (Å²) in [5.74, 6) is 0.948. The fraction of sp³-hybridized carbons (Fsp3) is 0.0714. The van der Waals surface area contributed by atoms with Gasteiger partial charge in [-0.3, -0.25) is 4.57 Å². The van der Waals surface area contributed by atoms with Crippen molar-refractivity contribution in [3.8, 4) is 5.69 Å². The van der Waals surface area contributed by atoms with Crippen LogP contribution >= 0.6 is 0 Å². The minimum atomic E-state index is 0.756. The van der Waals surface area contributed by atoms with Crippen molar-refractivity contribution in [3.63, 3.8) is 0 Å². The fourth-order valence-electron chi connectivity index (χ4n) is 2.16. The summed E-state index contributed by atoms with van der Waals surface area (Å²) in [6.07, 6.45) is 0. The molecule has 0 atom stereocenters. The van der Waals surface area contributed by atoms with Gasteiger partial charge < -0.3 is 5.73 Å². The number of benzene rings is 2. The highest BCUT2D eigenvalue weighted by Crippen LogP contribution is 2.25. The van der Waals surface area contributed by atoms with E-state index in [1.54, 1.807) is 0 Å². The molecule has 0 radical (unpaired) electrons. The third-order valence-corrected chi connectivity index (χ3v) is 2.89. The average molecular weight is 223 g/mol. The number of hydrogen-bond acceptors (Lipinski definition) is 2. The topological polar surface area (TPSA) is 43.8 Å². The molecule has 3 nitrogen and oxygen atoms in total. The van der Waals surface area contributed by atoms with E-state index in [1.807, 2.05) is 43.3 Å². The molecule has 17 heavy (non-hydrogen) atoms. The molecule has 3 aromatic rings. The number of aromatic nitrogens is 2. The Hall–Kier alpha value is -2.29. The van der Waals surface area contributed by atoms with Crippen molar-refractivity contribution in [1.29, 1.82) is 0 Å². The Bertz CT molecular complexity index is 669. The van der Waals surface area contributed by atoms with E-state index < -0.39 is 0 Å². The van der Waals surface area contributed by atoms with Crippen LogP contribution < -0.4 is 5.73 Å². The van der Waals surface area contributed by atoms with Gasteiger partial charge in [-0.2, -0.15) is 0 Å². The first-order valence-electron chi connectivity index (χ1n) is 5.56. The maximum atomic E-state index is 6.05. The number of anilines is 1. The third-order valence-electron chi connectivity index (χ3n) is 2.89. The molecule has 2 N–H and O–H groups in total. The van der Waals surface area contributed by atoms with Gasteiger partial charge in [-0.1, -0.05) is 24.3 Å². The number of aryl methyl sites for hydroxylation is 1. The number of para-hydroxylation sites is 2. The van der Waals surface area contributed by atoms with Crippen LogP contribution in [0.25, 0.3) is 16.7 Å². The molecule has 0 bridgehead atoms. The van der Waals surface area contributed by atoms with Crippen molar-refractivity contribution in [2.45, 2.75) is 6.92 Å². The van der Waals surface area contributed by atoms with E-state index >= 15 is 0 Å². The maximum Gasteiger partial charge on any atom is 0.111 e. The molecule has 0 saturated heterocycles. The van der Waals surface area contributed by atoms with Gasteiger partial charge >= 0.3 is 0 Å². The van der Waals surface area contributed by atoms with E-state index in [0.29, 0.717) is 0 Å². The lowest BCUT2D eigenvalue weighted by molar-refractivity contribution is 1.00. The van der Waals surface area contributed by atoms with Gasteiger partial charge in [0.05, 0.1) is 16.7 Å². The smallest absolute Gasteiger partial charge is 0.111 e. The van der Waals surface area contributed by atoms with Crippen LogP contribution in [0.15, 0.2) is 48.5 Å². The molecule has 2 aromatic carbocycles. The van der Waals surface area contributed by atoms with Gasteiger partial charge in [0.25, 0.3) is 0 Å². The first-order chi connectivity index (χ1) is 8.27. The quantitative estimate of drug-likeness (QED) is 0.644. The Morgan fingerprint density at radius 2 is 1.76 bits per heavy atom. The standard InChI is InChI=1S/C14H13N3/c1-10-16-13-9-5-8-12(15)14(13)17(10)11-6-3-2-4-7-11/h2-9H,15H2,1H3. The van der Waals surface area contributed by atoms with Crippen LogP contribution in [0.3, 0.4) is 0 Å². The number of rotatable bonds is 1. The number of hydrogen-bond donors (Lipinski definition) is 1. The summed E-state index contributed by atoms with van der Waals surface area (Å²) in [5, 5.41) is 0. The summed E-state index contributed by atoms with van der Waals surface area (Å²) >= 11 is 0. The zero-order valence-electron chi connectivity index (χ0n) is 9.59. The second kappa shape index (κ2) is 3.63. The van der Waals surface area contributed by atoms with Gasteiger partial charge in [0.2, 0.25) is 0 Å². The van der Waals surface area contributed by atoms with Crippen LogP contribution in [-0.4, -0.2) is 9.55 Å². The van der Waals surface area contributed by atoms with E-state index in [-0.39, 0.29) is 0 Å². The van der Waals surface area contributed by atoms with Crippen LogP contribution in [0.2, 0.25) is 0 Å². The van der Waals surface area contributed by atoms with Gasteiger partial charge in [-0.25, -0.2) is 4.98 Å². The van der Waals surface area contributed by atoms with E-state index in [4.69, 9.17) is 5.73 Å². The largest absolute Gasteiger partial charge is 0.397 e. The van der Waals surface area contributed by atoms with Gasteiger partial charge in [-0.05, 0) is 31.2 Å². The lowest BCUT2D eigenvalue weighted by Crippen LogP contribution is -1.98. The SMILES string of the molecule is Cc1nc2cccc(N)c2n1-c1ccccc1. The second-order valence-electron chi connectivity index (χ2n) is 4.04. The molecule has 1 heterocycles. The normalized spacial score (nSPS) is 10.9. The van der Waals surface area contributed by atoms with Crippen molar-refractivity contribution in [1.82, 2.24) is 9.55 Å². The zero-order chi connectivity index (χ0) is 11.8. The van der Waals surface area contributed by atoms with Crippen molar-refractivity contribution in [3.05, 3.63) is 54.4 Å². The maximum absolute atomic E-state index is 6.05. The van der Waals surface area contributed by atoms with Crippen molar-refractivity contribution < 1.29 is 0 Å². The summed E-state index contributed by atoms with van der Waals surface area (Å²) in [7, 11) is 0. The first-order valence-corrected chi connectivity index (χ1v) is 5.56. The Kier molecular flexibility index (Phi) is 2.11. The summed E-state index contributed by atoms with van der Waals surface area (Å²) in [4.78, 5) is 4.53. The molecule has 0 unspecified atom stereocenters. The van der Waals surface area contributed by atoms with Crippen LogP contribution in [-0.2, 0) is 0 Å². The number of fused-ring (bicyclic) bond motifs is 1. The lowest BCUT2D eigenvalue weighted by Gasteiger charge is -2.07. The van der Waals surface area contributed by atoms with Crippen LogP contribution in [0.5, 0.6) is 0 Å². The minimum Gasteiger partial charge on any atom is -0.397 e. The molecule has 0 aliphatic carbocycles. The van der Waals surface area contributed by atoms with Crippen LogP contribution in [0.4, 0.5) is 5.69 Å². The van der Waals surface area contributed by atoms with E-state index in [2.05, 4.69) is 21.7 Å². The van der Waals surface area contributed by atoms with Crippen LogP contribution in [0.1, 0.15) is 5.82 Å². The molecule has 0 fully saturated rings. The molecule has 0 aliphatic rings. The molecule has 3 heteroatoms. The zero-order valence-corrected chi connectivity index (χ0v) is 9.59. The predicted octanol–water partition coefficient (Wildman–Crippen LogP) is 2.92. The second-order valence-corrected chi connectivity index (χ2v) is 4.04. The Morgan fingerprint density at radius 3 is 2.53 bits per heavy atom. The van der Waals surface area contributed by atoms with Gasteiger partial charge in [0, 0.05) is 5.69 Å². The Morgan fingerprint density at radius 1 is 1.00 bits per heavy atom. The number of nitrogen functional groups attached to an aromatic ring is 1. The third kappa shape index (κ3) is 1.47. The van der Waals surface area contributed by atoms with E-state index in [9.17, 15) is 0 Å². The van der Waals surface area contributed by atoms with Gasteiger partial charge in [0.1, 0.15) is 5.82 Å². The molecule has 3 rings (SSSR count). The Labute approximate surface area is 99.5 Å². The molecular formula is C14H13N3. The molecule has 0 amide bonds. The first kappa shape index (κ1) is 9.90. The summed E-state index contributed by atoms with van der Waals surface area (Å²) in [5.41, 5.74) is 9.81. The molecule has 0 aliphatic heterocycles. The lowest BCUT2D eigenvalue weighted by atomic mass is 10.2. The predicted molar refractivity (Wildman–Crippen MR) is 70.2 cm³/mol. The molecule has 84 valence electrons. The number of nitrogens with two attached hydrogens (primary N) is 1. The van der Waals surface area contributed by atoms with Gasteiger partial charge in [-0.15, -0.1) is 0 Å².